The van der Waals surface area contributed by atoms with E-state index in [1.165, 1.54) is 25.5 Å². The molecule has 6 nitrogen and oxygen atoms in total. The highest BCUT2D eigenvalue weighted by molar-refractivity contribution is 5.91. The molecular weight excluding hydrogens is 368 g/mol. The molecule has 0 saturated heterocycles. The predicted octanol–water partition coefficient (Wildman–Crippen LogP) is 3.83. The van der Waals surface area contributed by atoms with Crippen LogP contribution < -0.4 is 0 Å². The fraction of sp³-hybridized carbons (Fsp3) is 0.522. The van der Waals surface area contributed by atoms with Gasteiger partial charge in [-0.05, 0) is 80.5 Å². The highest BCUT2D eigenvalue weighted by Crippen LogP contribution is 2.58. The number of ether oxygens (including phenoxy) is 1. The Kier molecular flexibility index (Phi) is 4.64. The molecule has 6 heteroatoms. The lowest BCUT2D eigenvalue weighted by Gasteiger charge is -2.60. The molecule has 0 aromatic carbocycles. The summed E-state index contributed by atoms with van der Waals surface area (Å²) < 4.78 is 10.9. The Bertz CT molecular complexity index is 842. The Hall–Kier alpha value is -2.63. The number of carbonyl (C=O) groups is 2. The molecule has 1 amide bonds. The van der Waals surface area contributed by atoms with Gasteiger partial charge in [0.1, 0.15) is 5.76 Å². The molecule has 0 aliphatic heterocycles. The van der Waals surface area contributed by atoms with E-state index in [2.05, 4.69) is 4.98 Å². The average Bonchev–Trinajstić information content (AvgIpc) is 3.23. The van der Waals surface area contributed by atoms with Gasteiger partial charge in [0.05, 0.1) is 18.4 Å². The van der Waals surface area contributed by atoms with Gasteiger partial charge in [0, 0.05) is 17.9 Å². The number of amides is 1. The normalized spacial score (nSPS) is 29.6. The van der Waals surface area contributed by atoms with Crippen molar-refractivity contribution in [2.24, 2.45) is 17.8 Å². The van der Waals surface area contributed by atoms with Gasteiger partial charge in [0.15, 0.2) is 6.61 Å². The fourth-order valence-electron chi connectivity index (χ4n) is 6.25. The van der Waals surface area contributed by atoms with E-state index in [9.17, 15) is 9.59 Å². The molecule has 0 spiro atoms. The van der Waals surface area contributed by atoms with Crippen LogP contribution in [0.5, 0.6) is 0 Å². The van der Waals surface area contributed by atoms with Gasteiger partial charge in [-0.25, -0.2) is 4.79 Å². The molecule has 29 heavy (non-hydrogen) atoms. The number of rotatable bonds is 6. The zero-order chi connectivity index (χ0) is 19.8. The molecule has 0 N–H and O–H groups in total. The minimum atomic E-state index is -0.519. The van der Waals surface area contributed by atoms with E-state index in [-0.39, 0.29) is 18.1 Å². The lowest BCUT2D eigenvalue weighted by atomic mass is 9.52. The van der Waals surface area contributed by atoms with Crippen LogP contribution in [0.3, 0.4) is 0 Å². The van der Waals surface area contributed by atoms with Crippen molar-refractivity contribution in [2.75, 3.05) is 6.61 Å². The molecule has 4 saturated carbocycles. The van der Waals surface area contributed by atoms with Gasteiger partial charge in [0.2, 0.25) is 0 Å². The Morgan fingerprint density at radius 1 is 1.10 bits per heavy atom. The summed E-state index contributed by atoms with van der Waals surface area (Å²) in [5.41, 5.74) is 0.229. The number of carbonyl (C=O) groups excluding carboxylic acids is 2. The maximum absolute atomic E-state index is 13.3. The Morgan fingerprint density at radius 3 is 2.41 bits per heavy atom. The summed E-state index contributed by atoms with van der Waals surface area (Å²) >= 11 is 0. The van der Waals surface area contributed by atoms with Gasteiger partial charge in [-0.1, -0.05) is 0 Å². The van der Waals surface area contributed by atoms with Gasteiger partial charge in [-0.2, -0.15) is 0 Å². The quantitative estimate of drug-likeness (QED) is 0.696. The van der Waals surface area contributed by atoms with Crippen LogP contribution >= 0.6 is 0 Å². The lowest BCUT2D eigenvalue weighted by molar-refractivity contribution is -0.156. The third-order valence-corrected chi connectivity index (χ3v) is 7.00. The molecule has 4 fully saturated rings. The van der Waals surface area contributed by atoms with Crippen molar-refractivity contribution in [3.8, 4) is 0 Å². The number of furan rings is 1. The molecule has 2 heterocycles. The average molecular weight is 394 g/mol. The van der Waals surface area contributed by atoms with E-state index in [0.29, 0.717) is 29.9 Å². The first-order valence-electron chi connectivity index (χ1n) is 10.5. The number of hydrogen-bond acceptors (Lipinski definition) is 5. The molecule has 152 valence electrons. The molecule has 4 bridgehead atoms. The van der Waals surface area contributed by atoms with Crippen LogP contribution in [0.4, 0.5) is 0 Å². The van der Waals surface area contributed by atoms with Crippen LogP contribution in [0, 0.1) is 17.8 Å². The summed E-state index contributed by atoms with van der Waals surface area (Å²) in [4.78, 5) is 31.5. The van der Waals surface area contributed by atoms with E-state index in [4.69, 9.17) is 9.15 Å². The molecule has 2 aromatic heterocycles. The number of nitrogens with zero attached hydrogens (tertiary/aromatic N) is 2. The van der Waals surface area contributed by atoms with E-state index < -0.39 is 5.97 Å². The molecule has 6 rings (SSSR count). The number of hydrogen-bond donors (Lipinski definition) is 0. The minimum Gasteiger partial charge on any atom is -0.467 e. The predicted molar refractivity (Wildman–Crippen MR) is 105 cm³/mol. The smallest absolute Gasteiger partial charge is 0.340 e. The van der Waals surface area contributed by atoms with Crippen LogP contribution in [0.1, 0.15) is 54.6 Å². The largest absolute Gasteiger partial charge is 0.467 e. The molecule has 4 aliphatic carbocycles. The van der Waals surface area contributed by atoms with Crippen LogP contribution in [0.2, 0.25) is 0 Å². The Labute approximate surface area is 170 Å². The van der Waals surface area contributed by atoms with Crippen molar-refractivity contribution in [1.82, 2.24) is 9.88 Å². The van der Waals surface area contributed by atoms with E-state index in [0.717, 1.165) is 25.0 Å². The molecule has 0 radical (unpaired) electrons. The fourth-order valence-corrected chi connectivity index (χ4v) is 6.25. The van der Waals surface area contributed by atoms with Crippen LogP contribution in [0.25, 0.3) is 0 Å². The lowest BCUT2D eigenvalue weighted by Crippen LogP contribution is -2.61. The van der Waals surface area contributed by atoms with Gasteiger partial charge in [-0.15, -0.1) is 0 Å². The Morgan fingerprint density at radius 2 is 1.83 bits per heavy atom. The van der Waals surface area contributed by atoms with Crippen LogP contribution in [-0.2, 0) is 16.1 Å². The third-order valence-electron chi connectivity index (χ3n) is 7.00. The second-order valence-electron chi connectivity index (χ2n) is 9.02. The first-order chi connectivity index (χ1) is 14.1. The number of esters is 1. The van der Waals surface area contributed by atoms with Crippen LogP contribution in [-0.4, -0.2) is 33.9 Å². The second-order valence-corrected chi connectivity index (χ2v) is 9.02. The Balaban J connectivity index is 1.35. The first-order valence-corrected chi connectivity index (χ1v) is 10.5. The first kappa shape index (κ1) is 18.4. The maximum Gasteiger partial charge on any atom is 0.340 e. The van der Waals surface area contributed by atoms with E-state index in [1.807, 2.05) is 17.0 Å². The van der Waals surface area contributed by atoms with Crippen molar-refractivity contribution < 1.29 is 18.7 Å². The summed E-state index contributed by atoms with van der Waals surface area (Å²) in [6.45, 7) is 0.179. The van der Waals surface area contributed by atoms with Crippen molar-refractivity contribution in [3.05, 3.63) is 54.2 Å². The zero-order valence-corrected chi connectivity index (χ0v) is 16.5. The van der Waals surface area contributed by atoms with E-state index >= 15 is 0 Å². The molecular formula is C23H26N2O4. The second kappa shape index (κ2) is 7.32. The van der Waals surface area contributed by atoms with Crippen molar-refractivity contribution in [1.29, 1.82) is 0 Å². The van der Waals surface area contributed by atoms with E-state index in [1.54, 1.807) is 24.6 Å². The maximum atomic E-state index is 13.3. The molecule has 4 aliphatic rings. The summed E-state index contributed by atoms with van der Waals surface area (Å²) in [6.07, 6.45) is 11.8. The van der Waals surface area contributed by atoms with Gasteiger partial charge >= 0.3 is 5.97 Å². The molecule has 0 unspecified atom stereocenters. The SMILES string of the molecule is O=C(OCC(=O)N(Cc1ccco1)C12CC3CC(CC(C3)C1)C2)c1cccnc1. The highest BCUT2D eigenvalue weighted by Gasteiger charge is 2.54. The van der Waals surface area contributed by atoms with Crippen molar-refractivity contribution in [2.45, 2.75) is 50.6 Å². The van der Waals surface area contributed by atoms with Gasteiger partial charge in [0.25, 0.3) is 5.91 Å². The third kappa shape index (κ3) is 3.56. The summed E-state index contributed by atoms with van der Waals surface area (Å²) in [7, 11) is 0. The zero-order valence-electron chi connectivity index (χ0n) is 16.5. The highest BCUT2D eigenvalue weighted by atomic mass is 16.5. The summed E-state index contributed by atoms with van der Waals surface area (Å²) in [6, 6.07) is 7.07. The topological polar surface area (TPSA) is 72.6 Å². The summed E-state index contributed by atoms with van der Waals surface area (Å²) in [5.74, 6) is 2.26. The number of pyridine rings is 1. The van der Waals surface area contributed by atoms with Gasteiger partial charge in [-0.3, -0.25) is 9.78 Å². The van der Waals surface area contributed by atoms with Crippen molar-refractivity contribution >= 4 is 11.9 Å². The van der Waals surface area contributed by atoms with Gasteiger partial charge < -0.3 is 14.1 Å². The standard InChI is InChI=1S/C23H26N2O4/c26-21(15-29-22(27)19-3-1-5-24-13-19)25(14-20-4-2-6-28-20)23-10-16-7-17(11-23)9-18(8-16)12-23/h1-6,13,16-18H,7-12,14-15H2. The number of aromatic nitrogens is 1. The molecule has 2 aromatic rings. The van der Waals surface area contributed by atoms with Crippen LogP contribution in [0.15, 0.2) is 47.3 Å². The summed E-state index contributed by atoms with van der Waals surface area (Å²) in [5, 5.41) is 0. The minimum absolute atomic E-state index is 0.126. The van der Waals surface area contributed by atoms with Crippen molar-refractivity contribution in [3.63, 3.8) is 0 Å². The monoisotopic (exact) mass is 394 g/mol. The molecule has 0 atom stereocenters.